The van der Waals surface area contributed by atoms with Crippen LogP contribution in [-0.4, -0.2) is 18.1 Å². The minimum atomic E-state index is -0.781. The monoisotopic (exact) mass is 199 g/mol. The molecule has 0 saturated heterocycles. The molecule has 0 unspecified atom stereocenters. The molecule has 0 aliphatic heterocycles. The molecule has 1 aliphatic carbocycles. The van der Waals surface area contributed by atoms with Crippen LogP contribution in [-0.2, 0) is 9.53 Å². The van der Waals surface area contributed by atoms with Crippen LogP contribution in [0.3, 0.4) is 0 Å². The van der Waals surface area contributed by atoms with E-state index in [1.807, 2.05) is 6.92 Å². The molecule has 0 amide bonds. The Bertz CT molecular complexity index is 195. The number of ether oxygens (including phenoxy) is 1. The Morgan fingerprint density at radius 3 is 2.50 bits per heavy atom. The number of esters is 1. The molecule has 0 bridgehead atoms. The second kappa shape index (κ2) is 4.78. The molecule has 0 aromatic carbocycles. The van der Waals surface area contributed by atoms with Gasteiger partial charge in [0.05, 0.1) is 6.61 Å². The highest BCUT2D eigenvalue weighted by Gasteiger charge is 2.39. The van der Waals surface area contributed by atoms with Gasteiger partial charge in [0.15, 0.2) is 0 Å². The number of hydrogen-bond acceptors (Lipinski definition) is 3. The van der Waals surface area contributed by atoms with Gasteiger partial charge in [0.25, 0.3) is 0 Å². The van der Waals surface area contributed by atoms with Crippen molar-refractivity contribution in [2.45, 2.75) is 51.5 Å². The molecular formula is C11H21NO2. The van der Waals surface area contributed by atoms with Gasteiger partial charge < -0.3 is 10.5 Å². The van der Waals surface area contributed by atoms with Crippen LogP contribution >= 0.6 is 0 Å². The van der Waals surface area contributed by atoms with Crippen molar-refractivity contribution in [3.8, 4) is 0 Å². The first-order valence-electron chi connectivity index (χ1n) is 5.55. The number of rotatable bonds is 3. The average Bonchev–Trinajstić information content (AvgIpc) is 2.19. The zero-order chi connectivity index (χ0) is 10.6. The number of carbonyl (C=O) groups excluding carboxylic acids is 1. The number of carbonyl (C=O) groups is 1. The maximum absolute atomic E-state index is 11.6. The highest BCUT2D eigenvalue weighted by atomic mass is 16.5. The Hall–Kier alpha value is -0.570. The highest BCUT2D eigenvalue weighted by Crippen LogP contribution is 2.31. The van der Waals surface area contributed by atoms with Gasteiger partial charge in [0.1, 0.15) is 5.54 Å². The molecular weight excluding hydrogens is 178 g/mol. The maximum atomic E-state index is 11.6. The number of hydrogen-bond donors (Lipinski definition) is 1. The summed E-state index contributed by atoms with van der Waals surface area (Å²) in [5.74, 6) is 0.0576. The van der Waals surface area contributed by atoms with Crippen LogP contribution in [0.4, 0.5) is 0 Å². The average molecular weight is 199 g/mol. The van der Waals surface area contributed by atoms with E-state index in [0.29, 0.717) is 12.5 Å². The quantitative estimate of drug-likeness (QED) is 0.706. The first kappa shape index (κ1) is 11.5. The van der Waals surface area contributed by atoms with E-state index in [0.717, 1.165) is 12.8 Å². The van der Waals surface area contributed by atoms with E-state index < -0.39 is 5.54 Å². The predicted octanol–water partition coefficient (Wildman–Crippen LogP) is 1.85. The molecule has 0 aromatic heterocycles. The van der Waals surface area contributed by atoms with Crippen molar-refractivity contribution in [1.29, 1.82) is 0 Å². The lowest BCUT2D eigenvalue weighted by atomic mass is 9.76. The second-order valence-electron chi connectivity index (χ2n) is 4.34. The van der Waals surface area contributed by atoms with Crippen LogP contribution in [0.25, 0.3) is 0 Å². The molecule has 1 atom stereocenters. The summed E-state index contributed by atoms with van der Waals surface area (Å²) in [5.41, 5.74) is 5.27. The van der Waals surface area contributed by atoms with Gasteiger partial charge in [-0.15, -0.1) is 0 Å². The smallest absolute Gasteiger partial charge is 0.326 e. The zero-order valence-corrected chi connectivity index (χ0v) is 9.21. The molecule has 0 spiro atoms. The summed E-state index contributed by atoms with van der Waals surface area (Å²) in [7, 11) is 0. The fourth-order valence-electron chi connectivity index (χ4n) is 2.16. The van der Waals surface area contributed by atoms with E-state index >= 15 is 0 Å². The summed E-state index contributed by atoms with van der Waals surface area (Å²) in [4.78, 5) is 11.6. The SMILES string of the molecule is CCOC(=O)[C@](C)(N)C1CCCCC1. The topological polar surface area (TPSA) is 52.3 Å². The van der Waals surface area contributed by atoms with Crippen LogP contribution in [0.15, 0.2) is 0 Å². The number of nitrogens with two attached hydrogens (primary N) is 1. The van der Waals surface area contributed by atoms with E-state index in [2.05, 4.69) is 0 Å². The van der Waals surface area contributed by atoms with Crippen molar-refractivity contribution in [3.05, 3.63) is 0 Å². The standard InChI is InChI=1S/C11H21NO2/c1-3-14-10(13)11(2,12)9-7-5-4-6-8-9/h9H,3-8,12H2,1-2H3/t11-/m1/s1. The molecule has 1 fully saturated rings. The van der Waals surface area contributed by atoms with E-state index in [1.165, 1.54) is 19.3 Å². The molecule has 0 aromatic rings. The summed E-state index contributed by atoms with van der Waals surface area (Å²) >= 11 is 0. The van der Waals surface area contributed by atoms with Crippen molar-refractivity contribution in [3.63, 3.8) is 0 Å². The van der Waals surface area contributed by atoms with Crippen molar-refractivity contribution < 1.29 is 9.53 Å². The minimum Gasteiger partial charge on any atom is -0.465 e. The van der Waals surface area contributed by atoms with Crippen LogP contribution in [0.1, 0.15) is 46.0 Å². The van der Waals surface area contributed by atoms with E-state index in [4.69, 9.17) is 10.5 Å². The zero-order valence-electron chi connectivity index (χ0n) is 9.21. The summed E-state index contributed by atoms with van der Waals surface area (Å²) in [6.45, 7) is 4.04. The molecule has 3 nitrogen and oxygen atoms in total. The maximum Gasteiger partial charge on any atom is 0.326 e. The van der Waals surface area contributed by atoms with Gasteiger partial charge in [0, 0.05) is 0 Å². The van der Waals surface area contributed by atoms with E-state index in [-0.39, 0.29) is 5.97 Å². The van der Waals surface area contributed by atoms with Crippen molar-refractivity contribution in [2.75, 3.05) is 6.61 Å². The third-order valence-electron chi connectivity index (χ3n) is 3.17. The Morgan fingerprint density at radius 1 is 1.43 bits per heavy atom. The summed E-state index contributed by atoms with van der Waals surface area (Å²) in [5, 5.41) is 0. The third-order valence-corrected chi connectivity index (χ3v) is 3.17. The molecule has 2 N–H and O–H groups in total. The van der Waals surface area contributed by atoms with Gasteiger partial charge in [0.2, 0.25) is 0 Å². The first-order chi connectivity index (χ1) is 6.59. The molecule has 14 heavy (non-hydrogen) atoms. The van der Waals surface area contributed by atoms with Gasteiger partial charge >= 0.3 is 5.97 Å². The summed E-state index contributed by atoms with van der Waals surface area (Å²) in [6, 6.07) is 0. The van der Waals surface area contributed by atoms with Crippen LogP contribution in [0, 0.1) is 5.92 Å². The molecule has 0 radical (unpaired) electrons. The molecule has 1 aliphatic rings. The Labute approximate surface area is 86.0 Å². The molecule has 3 heteroatoms. The van der Waals surface area contributed by atoms with Gasteiger partial charge in [-0.3, -0.25) is 4.79 Å². The lowest BCUT2D eigenvalue weighted by Crippen LogP contribution is -2.52. The van der Waals surface area contributed by atoms with Gasteiger partial charge in [-0.25, -0.2) is 0 Å². The fourth-order valence-corrected chi connectivity index (χ4v) is 2.16. The fraction of sp³-hybridized carbons (Fsp3) is 0.909. The van der Waals surface area contributed by atoms with Gasteiger partial charge in [-0.2, -0.15) is 0 Å². The third kappa shape index (κ3) is 2.47. The van der Waals surface area contributed by atoms with Crippen molar-refractivity contribution in [1.82, 2.24) is 0 Å². The largest absolute Gasteiger partial charge is 0.465 e. The molecule has 82 valence electrons. The normalized spacial score (nSPS) is 22.8. The van der Waals surface area contributed by atoms with Crippen LogP contribution < -0.4 is 5.73 Å². The summed E-state index contributed by atoms with van der Waals surface area (Å²) in [6.07, 6.45) is 5.78. The summed E-state index contributed by atoms with van der Waals surface area (Å²) < 4.78 is 5.00. The van der Waals surface area contributed by atoms with Crippen molar-refractivity contribution >= 4 is 5.97 Å². The van der Waals surface area contributed by atoms with Crippen molar-refractivity contribution in [2.24, 2.45) is 11.7 Å². The minimum absolute atomic E-state index is 0.244. The lowest BCUT2D eigenvalue weighted by molar-refractivity contribution is -0.151. The lowest BCUT2D eigenvalue weighted by Gasteiger charge is -2.34. The van der Waals surface area contributed by atoms with E-state index in [1.54, 1.807) is 6.92 Å². The van der Waals surface area contributed by atoms with Gasteiger partial charge in [-0.1, -0.05) is 19.3 Å². The molecule has 1 saturated carbocycles. The van der Waals surface area contributed by atoms with Crippen LogP contribution in [0.2, 0.25) is 0 Å². The predicted molar refractivity (Wildman–Crippen MR) is 55.8 cm³/mol. The molecule has 1 rings (SSSR count). The van der Waals surface area contributed by atoms with E-state index in [9.17, 15) is 4.79 Å². The molecule has 0 heterocycles. The Balaban J connectivity index is 2.57. The first-order valence-corrected chi connectivity index (χ1v) is 5.55. The Morgan fingerprint density at radius 2 is 2.00 bits per heavy atom. The second-order valence-corrected chi connectivity index (χ2v) is 4.34. The Kier molecular flexibility index (Phi) is 3.93. The van der Waals surface area contributed by atoms with Gasteiger partial charge in [-0.05, 0) is 32.6 Å². The van der Waals surface area contributed by atoms with Crippen LogP contribution in [0.5, 0.6) is 0 Å². The highest BCUT2D eigenvalue weighted by molar-refractivity contribution is 5.80.